The molecule has 0 aliphatic heterocycles. The molecule has 1 aromatic rings. The van der Waals surface area contributed by atoms with Crippen molar-refractivity contribution in [1.82, 2.24) is 15.3 Å². The molecule has 1 saturated carbocycles. The Hall–Kier alpha value is -1.65. The highest BCUT2D eigenvalue weighted by Crippen LogP contribution is 2.19. The number of nitrogen functional groups attached to an aromatic ring is 1. The minimum Gasteiger partial charge on any atom is -0.396 e. The Morgan fingerprint density at radius 2 is 2.05 bits per heavy atom. The molecule has 0 bridgehead atoms. The molecule has 1 heterocycles. The van der Waals surface area contributed by atoms with Gasteiger partial charge in [-0.2, -0.15) is 0 Å². The lowest BCUT2D eigenvalue weighted by Crippen LogP contribution is -2.37. The summed E-state index contributed by atoms with van der Waals surface area (Å²) in [6.45, 7) is 3.99. The van der Waals surface area contributed by atoms with Crippen LogP contribution in [0, 0.1) is 0 Å². The van der Waals surface area contributed by atoms with Crippen LogP contribution < -0.4 is 11.1 Å². The molecule has 1 aromatic heterocycles. The maximum atomic E-state index is 12.2. The van der Waals surface area contributed by atoms with Crippen LogP contribution in [0.2, 0.25) is 0 Å². The van der Waals surface area contributed by atoms with Crippen LogP contribution in [0.4, 0.5) is 5.69 Å². The Morgan fingerprint density at radius 1 is 1.37 bits per heavy atom. The third-order valence-electron chi connectivity index (χ3n) is 3.51. The predicted molar refractivity (Wildman–Crippen MR) is 74.9 cm³/mol. The molecule has 1 aliphatic rings. The summed E-state index contributed by atoms with van der Waals surface area (Å²) >= 11 is 0. The van der Waals surface area contributed by atoms with Crippen molar-refractivity contribution in [2.75, 3.05) is 5.73 Å². The quantitative estimate of drug-likeness (QED) is 0.875. The molecule has 0 unspecified atom stereocenters. The van der Waals surface area contributed by atoms with Crippen molar-refractivity contribution in [3.63, 3.8) is 0 Å². The van der Waals surface area contributed by atoms with Gasteiger partial charge in [0, 0.05) is 12.0 Å². The first kappa shape index (κ1) is 13.8. The molecule has 0 aromatic carbocycles. The number of nitrogens with one attached hydrogen (secondary N) is 1. The summed E-state index contributed by atoms with van der Waals surface area (Å²) in [5, 5.41) is 3.03. The number of hydrogen-bond donors (Lipinski definition) is 2. The first-order valence-corrected chi connectivity index (χ1v) is 7.01. The largest absolute Gasteiger partial charge is 0.396 e. The van der Waals surface area contributed by atoms with Crippen molar-refractivity contribution in [1.29, 1.82) is 0 Å². The fourth-order valence-electron chi connectivity index (χ4n) is 2.37. The predicted octanol–water partition coefficient (Wildman–Crippen LogP) is 2.24. The number of carbonyl (C=O) groups is 1. The lowest BCUT2D eigenvalue weighted by atomic mass is 9.95. The second-order valence-corrected chi connectivity index (χ2v) is 5.50. The molecule has 0 spiro atoms. The van der Waals surface area contributed by atoms with Gasteiger partial charge in [-0.15, -0.1) is 0 Å². The van der Waals surface area contributed by atoms with E-state index in [-0.39, 0.29) is 17.9 Å². The van der Waals surface area contributed by atoms with Crippen molar-refractivity contribution >= 4 is 11.6 Å². The average molecular weight is 262 g/mol. The van der Waals surface area contributed by atoms with E-state index in [9.17, 15) is 4.79 Å². The van der Waals surface area contributed by atoms with E-state index in [0.717, 1.165) is 12.8 Å². The topological polar surface area (TPSA) is 80.9 Å². The zero-order chi connectivity index (χ0) is 13.8. The van der Waals surface area contributed by atoms with Crippen LogP contribution in [0.1, 0.15) is 68.2 Å². The van der Waals surface area contributed by atoms with E-state index in [1.54, 1.807) is 0 Å². The molecule has 5 heteroatoms. The highest BCUT2D eigenvalue weighted by molar-refractivity contribution is 5.97. The Kier molecular flexibility index (Phi) is 4.35. The molecule has 104 valence electrons. The maximum Gasteiger partial charge on any atom is 0.272 e. The maximum absolute atomic E-state index is 12.2. The summed E-state index contributed by atoms with van der Waals surface area (Å²) in [5.74, 6) is 0.665. The molecule has 1 amide bonds. The molecular formula is C14H22N4O. The molecule has 5 nitrogen and oxygen atoms in total. The van der Waals surface area contributed by atoms with Crippen LogP contribution in [0.5, 0.6) is 0 Å². The zero-order valence-electron chi connectivity index (χ0n) is 11.6. The second-order valence-electron chi connectivity index (χ2n) is 5.50. The molecular weight excluding hydrogens is 240 g/mol. The number of nitrogens with zero attached hydrogens (tertiary/aromatic N) is 2. The fraction of sp³-hybridized carbons (Fsp3) is 0.643. The number of rotatable bonds is 3. The van der Waals surface area contributed by atoms with Gasteiger partial charge in [-0.3, -0.25) is 4.79 Å². The summed E-state index contributed by atoms with van der Waals surface area (Å²) in [6, 6.07) is 0.262. The summed E-state index contributed by atoms with van der Waals surface area (Å²) in [6.07, 6.45) is 7.25. The Morgan fingerprint density at radius 3 is 2.68 bits per heavy atom. The Bertz CT molecular complexity index is 453. The number of carbonyl (C=O) groups excluding carboxylic acids is 1. The van der Waals surface area contributed by atoms with E-state index in [1.807, 2.05) is 13.8 Å². The van der Waals surface area contributed by atoms with Crippen molar-refractivity contribution in [3.8, 4) is 0 Å². The van der Waals surface area contributed by atoms with Gasteiger partial charge in [0.2, 0.25) is 0 Å². The van der Waals surface area contributed by atoms with Gasteiger partial charge in [0.1, 0.15) is 5.82 Å². The first-order chi connectivity index (χ1) is 9.08. The third-order valence-corrected chi connectivity index (χ3v) is 3.51. The van der Waals surface area contributed by atoms with E-state index in [4.69, 9.17) is 5.73 Å². The first-order valence-electron chi connectivity index (χ1n) is 7.01. The molecule has 1 fully saturated rings. The fourth-order valence-corrected chi connectivity index (χ4v) is 2.37. The third kappa shape index (κ3) is 3.43. The molecule has 0 saturated heterocycles. The minimum atomic E-state index is -0.172. The zero-order valence-corrected chi connectivity index (χ0v) is 11.6. The monoisotopic (exact) mass is 262 g/mol. The second kappa shape index (κ2) is 5.99. The molecule has 3 N–H and O–H groups in total. The molecule has 19 heavy (non-hydrogen) atoms. The van der Waals surface area contributed by atoms with E-state index in [0.29, 0.717) is 17.2 Å². The van der Waals surface area contributed by atoms with Gasteiger partial charge in [-0.1, -0.05) is 33.1 Å². The Balaban J connectivity index is 2.11. The van der Waals surface area contributed by atoms with Crippen LogP contribution in [-0.4, -0.2) is 21.9 Å². The smallest absolute Gasteiger partial charge is 0.272 e. The molecule has 1 aliphatic carbocycles. The number of nitrogens with two attached hydrogens (primary N) is 1. The van der Waals surface area contributed by atoms with Crippen molar-refractivity contribution in [2.24, 2.45) is 0 Å². The standard InChI is InChI=1S/C14H22N4O/c1-9(2)13-16-8-11(15)12(18-13)14(19)17-10-6-4-3-5-7-10/h8-10H,3-7,15H2,1-2H3,(H,17,19). The molecule has 0 atom stereocenters. The summed E-state index contributed by atoms with van der Waals surface area (Å²) in [5.41, 5.74) is 6.46. The van der Waals surface area contributed by atoms with Crippen LogP contribution in [-0.2, 0) is 0 Å². The normalized spacial score (nSPS) is 16.6. The summed E-state index contributed by atoms with van der Waals surface area (Å²) < 4.78 is 0. The lowest BCUT2D eigenvalue weighted by Gasteiger charge is -2.22. The van der Waals surface area contributed by atoms with Crippen molar-refractivity contribution < 1.29 is 4.79 Å². The number of amides is 1. The van der Waals surface area contributed by atoms with E-state index in [2.05, 4.69) is 15.3 Å². The van der Waals surface area contributed by atoms with Gasteiger partial charge >= 0.3 is 0 Å². The van der Waals surface area contributed by atoms with E-state index in [1.165, 1.54) is 25.5 Å². The average Bonchev–Trinajstić information content (AvgIpc) is 2.40. The minimum absolute atomic E-state index is 0.172. The highest BCUT2D eigenvalue weighted by Gasteiger charge is 2.20. The lowest BCUT2D eigenvalue weighted by molar-refractivity contribution is 0.0923. The van der Waals surface area contributed by atoms with Crippen LogP contribution in [0.15, 0.2) is 6.20 Å². The van der Waals surface area contributed by atoms with Gasteiger partial charge in [0.05, 0.1) is 11.9 Å². The van der Waals surface area contributed by atoms with Crippen LogP contribution in [0.3, 0.4) is 0 Å². The Labute approximate surface area is 114 Å². The van der Waals surface area contributed by atoms with Crippen LogP contribution in [0.25, 0.3) is 0 Å². The van der Waals surface area contributed by atoms with Crippen molar-refractivity contribution in [3.05, 3.63) is 17.7 Å². The van der Waals surface area contributed by atoms with E-state index < -0.39 is 0 Å². The van der Waals surface area contributed by atoms with Gasteiger partial charge < -0.3 is 11.1 Å². The highest BCUT2D eigenvalue weighted by atomic mass is 16.2. The number of hydrogen-bond acceptors (Lipinski definition) is 4. The van der Waals surface area contributed by atoms with Gasteiger partial charge in [-0.25, -0.2) is 9.97 Å². The van der Waals surface area contributed by atoms with Gasteiger partial charge in [0.15, 0.2) is 5.69 Å². The molecule has 0 radical (unpaired) electrons. The number of aromatic nitrogens is 2. The molecule has 2 rings (SSSR count). The van der Waals surface area contributed by atoms with Gasteiger partial charge in [-0.05, 0) is 12.8 Å². The summed E-state index contributed by atoms with van der Waals surface area (Å²) in [4.78, 5) is 20.7. The van der Waals surface area contributed by atoms with Crippen molar-refractivity contribution in [2.45, 2.75) is 57.9 Å². The summed E-state index contributed by atoms with van der Waals surface area (Å²) in [7, 11) is 0. The van der Waals surface area contributed by atoms with Crippen LogP contribution >= 0.6 is 0 Å². The number of anilines is 1. The SMILES string of the molecule is CC(C)c1ncc(N)c(C(=O)NC2CCCCC2)n1. The van der Waals surface area contributed by atoms with Gasteiger partial charge in [0.25, 0.3) is 5.91 Å². The van der Waals surface area contributed by atoms with E-state index >= 15 is 0 Å².